The van der Waals surface area contributed by atoms with Gasteiger partial charge in [0.05, 0.1) is 17.6 Å². The molecule has 0 aliphatic carbocycles. The van der Waals surface area contributed by atoms with Crippen molar-refractivity contribution in [1.29, 1.82) is 0 Å². The summed E-state index contributed by atoms with van der Waals surface area (Å²) in [5.74, 6) is -0.182. The van der Waals surface area contributed by atoms with Crippen molar-refractivity contribution in [3.63, 3.8) is 0 Å². The molecule has 2 aromatic rings. The van der Waals surface area contributed by atoms with E-state index in [4.69, 9.17) is 5.73 Å². The van der Waals surface area contributed by atoms with E-state index in [1.165, 1.54) is 6.20 Å². The number of amides is 1. The van der Waals surface area contributed by atoms with Crippen LogP contribution in [0.1, 0.15) is 29.5 Å². The molecule has 0 saturated heterocycles. The lowest BCUT2D eigenvalue weighted by Gasteiger charge is -2.07. The molecule has 0 aliphatic heterocycles. The van der Waals surface area contributed by atoms with Crippen LogP contribution >= 0.6 is 12.4 Å². The zero-order valence-corrected chi connectivity index (χ0v) is 13.1. The largest absolute Gasteiger partial charge is 0.396 e. The van der Waals surface area contributed by atoms with Crippen molar-refractivity contribution in [2.45, 2.75) is 33.4 Å². The maximum Gasteiger partial charge on any atom is 0.271 e. The third kappa shape index (κ3) is 4.22. The quantitative estimate of drug-likeness (QED) is 0.785. The van der Waals surface area contributed by atoms with Crippen LogP contribution in [0.25, 0.3) is 0 Å². The summed E-state index contributed by atoms with van der Waals surface area (Å²) in [5, 5.41) is 11.2. The molecule has 8 heteroatoms. The Morgan fingerprint density at radius 2 is 2.24 bits per heavy atom. The summed E-state index contributed by atoms with van der Waals surface area (Å²) in [4.78, 5) is 12.0. The number of halogens is 1. The Balaban J connectivity index is 0.00000220. The SMILES string of the molecule is CCn1ncc(N)c1C(=O)NCCCn1ccc(C)n1.Cl. The molecule has 0 radical (unpaired) electrons. The zero-order valence-electron chi connectivity index (χ0n) is 12.2. The fourth-order valence-electron chi connectivity index (χ4n) is 2.00. The maximum atomic E-state index is 12.0. The van der Waals surface area contributed by atoms with Crippen LogP contribution in [-0.2, 0) is 13.1 Å². The Kier molecular flexibility index (Phi) is 6.23. The first-order valence-electron chi connectivity index (χ1n) is 6.71. The second-order valence-electron chi connectivity index (χ2n) is 4.59. The molecule has 2 rings (SSSR count). The van der Waals surface area contributed by atoms with Crippen LogP contribution in [0.3, 0.4) is 0 Å². The smallest absolute Gasteiger partial charge is 0.271 e. The Labute approximate surface area is 129 Å². The monoisotopic (exact) mass is 312 g/mol. The molecule has 0 aromatic carbocycles. The van der Waals surface area contributed by atoms with Gasteiger partial charge in [0.2, 0.25) is 0 Å². The summed E-state index contributed by atoms with van der Waals surface area (Å²) in [6.07, 6.45) is 4.25. The third-order valence-corrected chi connectivity index (χ3v) is 3.01. The van der Waals surface area contributed by atoms with Gasteiger partial charge in [-0.05, 0) is 26.3 Å². The molecule has 2 heterocycles. The lowest BCUT2D eigenvalue weighted by atomic mass is 10.3. The van der Waals surface area contributed by atoms with Crippen LogP contribution in [0.15, 0.2) is 18.5 Å². The highest BCUT2D eigenvalue weighted by Crippen LogP contribution is 2.10. The van der Waals surface area contributed by atoms with Crippen molar-refractivity contribution in [2.75, 3.05) is 12.3 Å². The number of nitrogen functional groups attached to an aromatic ring is 1. The second kappa shape index (κ2) is 7.68. The van der Waals surface area contributed by atoms with Gasteiger partial charge in [0.15, 0.2) is 0 Å². The molecular weight excluding hydrogens is 292 g/mol. The molecule has 0 bridgehead atoms. The molecule has 3 N–H and O–H groups in total. The van der Waals surface area contributed by atoms with Gasteiger partial charge in [0, 0.05) is 25.8 Å². The number of hydrogen-bond acceptors (Lipinski definition) is 4. The molecule has 0 saturated carbocycles. The number of nitrogens with two attached hydrogens (primary N) is 1. The minimum absolute atomic E-state index is 0. The van der Waals surface area contributed by atoms with Crippen LogP contribution in [-0.4, -0.2) is 32.0 Å². The average Bonchev–Trinajstić information content (AvgIpc) is 3.00. The van der Waals surface area contributed by atoms with Gasteiger partial charge in [0.25, 0.3) is 5.91 Å². The highest BCUT2D eigenvalue weighted by atomic mass is 35.5. The highest BCUT2D eigenvalue weighted by Gasteiger charge is 2.15. The summed E-state index contributed by atoms with van der Waals surface area (Å²) < 4.78 is 3.47. The standard InChI is InChI=1S/C13H20N6O.ClH/c1-3-19-12(11(14)9-16-19)13(20)15-6-4-7-18-8-5-10(2)17-18;/h5,8-9H,3-4,6-7,14H2,1-2H3,(H,15,20);1H. The number of rotatable bonds is 6. The molecule has 0 fully saturated rings. The van der Waals surface area contributed by atoms with Crippen LogP contribution < -0.4 is 11.1 Å². The molecule has 1 amide bonds. The second-order valence-corrected chi connectivity index (χ2v) is 4.59. The van der Waals surface area contributed by atoms with Crippen molar-refractivity contribution in [3.05, 3.63) is 29.8 Å². The van der Waals surface area contributed by atoms with E-state index in [1.54, 1.807) is 4.68 Å². The van der Waals surface area contributed by atoms with E-state index in [0.717, 1.165) is 18.7 Å². The summed E-state index contributed by atoms with van der Waals surface area (Å²) in [5.41, 5.74) is 7.59. The van der Waals surface area contributed by atoms with E-state index in [2.05, 4.69) is 15.5 Å². The predicted octanol–water partition coefficient (Wildman–Crippen LogP) is 1.23. The fraction of sp³-hybridized carbons (Fsp3) is 0.462. The van der Waals surface area contributed by atoms with Gasteiger partial charge in [-0.3, -0.25) is 14.2 Å². The Hall–Kier alpha value is -2.02. The van der Waals surface area contributed by atoms with Crippen molar-refractivity contribution < 1.29 is 4.79 Å². The van der Waals surface area contributed by atoms with Crippen molar-refractivity contribution >= 4 is 24.0 Å². The molecule has 0 aliphatic rings. The van der Waals surface area contributed by atoms with Gasteiger partial charge in [-0.1, -0.05) is 0 Å². The number of nitrogens with one attached hydrogen (secondary N) is 1. The topological polar surface area (TPSA) is 90.8 Å². The fourth-order valence-corrected chi connectivity index (χ4v) is 2.00. The van der Waals surface area contributed by atoms with Gasteiger partial charge < -0.3 is 11.1 Å². The van der Waals surface area contributed by atoms with Crippen molar-refractivity contribution in [3.8, 4) is 0 Å². The number of anilines is 1. The summed E-state index contributed by atoms with van der Waals surface area (Å²) in [6.45, 7) is 5.84. The molecule has 2 aromatic heterocycles. The number of hydrogen-bond donors (Lipinski definition) is 2. The Morgan fingerprint density at radius 1 is 1.48 bits per heavy atom. The third-order valence-electron chi connectivity index (χ3n) is 3.01. The zero-order chi connectivity index (χ0) is 14.5. The molecule has 0 unspecified atom stereocenters. The van der Waals surface area contributed by atoms with Crippen molar-refractivity contribution in [2.24, 2.45) is 0 Å². The summed E-state index contributed by atoms with van der Waals surface area (Å²) in [7, 11) is 0. The maximum absolute atomic E-state index is 12.0. The van der Waals surface area contributed by atoms with E-state index in [1.807, 2.05) is 30.8 Å². The molecule has 116 valence electrons. The first-order valence-corrected chi connectivity index (χ1v) is 6.71. The molecule has 7 nitrogen and oxygen atoms in total. The predicted molar refractivity (Wildman–Crippen MR) is 83.5 cm³/mol. The molecule has 21 heavy (non-hydrogen) atoms. The first-order chi connectivity index (χ1) is 9.61. The minimum Gasteiger partial charge on any atom is -0.396 e. The Morgan fingerprint density at radius 3 is 2.86 bits per heavy atom. The first kappa shape index (κ1) is 17.0. The molecular formula is C13H21ClN6O. The normalized spacial score (nSPS) is 10.2. The summed E-state index contributed by atoms with van der Waals surface area (Å²) in [6, 6.07) is 1.96. The van der Waals surface area contributed by atoms with Gasteiger partial charge in [-0.2, -0.15) is 10.2 Å². The summed E-state index contributed by atoms with van der Waals surface area (Å²) >= 11 is 0. The van der Waals surface area contributed by atoms with Gasteiger partial charge in [0.1, 0.15) is 5.69 Å². The van der Waals surface area contributed by atoms with Crippen LogP contribution in [0, 0.1) is 6.92 Å². The lowest BCUT2D eigenvalue weighted by Crippen LogP contribution is -2.28. The van der Waals surface area contributed by atoms with Gasteiger partial charge in [-0.25, -0.2) is 0 Å². The molecule has 0 spiro atoms. The van der Waals surface area contributed by atoms with Crippen LogP contribution in [0.4, 0.5) is 5.69 Å². The molecule has 0 atom stereocenters. The Bertz CT molecular complexity index is 591. The number of nitrogens with zero attached hydrogens (tertiary/aromatic N) is 4. The number of aryl methyl sites for hydroxylation is 3. The van der Waals surface area contributed by atoms with Crippen LogP contribution in [0.2, 0.25) is 0 Å². The van der Waals surface area contributed by atoms with E-state index in [0.29, 0.717) is 24.5 Å². The number of carbonyl (C=O) groups excluding carboxylic acids is 1. The highest BCUT2D eigenvalue weighted by molar-refractivity contribution is 5.97. The minimum atomic E-state index is -0.182. The van der Waals surface area contributed by atoms with E-state index < -0.39 is 0 Å². The number of aromatic nitrogens is 4. The average molecular weight is 313 g/mol. The van der Waals surface area contributed by atoms with E-state index in [9.17, 15) is 4.79 Å². The number of carbonyl (C=O) groups is 1. The van der Waals surface area contributed by atoms with E-state index in [-0.39, 0.29) is 18.3 Å². The van der Waals surface area contributed by atoms with E-state index >= 15 is 0 Å². The lowest BCUT2D eigenvalue weighted by molar-refractivity contribution is 0.0943. The van der Waals surface area contributed by atoms with Crippen LogP contribution in [0.5, 0.6) is 0 Å². The van der Waals surface area contributed by atoms with Crippen molar-refractivity contribution in [1.82, 2.24) is 24.9 Å². The van der Waals surface area contributed by atoms with Gasteiger partial charge in [-0.15, -0.1) is 12.4 Å². The van der Waals surface area contributed by atoms with Gasteiger partial charge >= 0.3 is 0 Å².